The average molecular weight is 324 g/mol. The summed E-state index contributed by atoms with van der Waals surface area (Å²) in [5.74, 6) is -0.0904. The predicted octanol–water partition coefficient (Wildman–Crippen LogP) is 4.29. The third kappa shape index (κ3) is 3.88. The highest BCUT2D eigenvalue weighted by molar-refractivity contribution is 7.91. The fourth-order valence-corrected chi connectivity index (χ4v) is 4.25. The molecule has 1 rings (SSSR count). The van der Waals surface area contributed by atoms with Gasteiger partial charge in [0.1, 0.15) is 9.92 Å². The van der Waals surface area contributed by atoms with Crippen LogP contribution in [0.2, 0.25) is 0 Å². The third-order valence-electron chi connectivity index (χ3n) is 3.96. The van der Waals surface area contributed by atoms with Crippen LogP contribution in [0.5, 0.6) is 0 Å². The maximum Gasteiger partial charge on any atom is 0.420 e. The molecule has 0 saturated carbocycles. The van der Waals surface area contributed by atoms with E-state index in [1.54, 1.807) is 44.2 Å². The van der Waals surface area contributed by atoms with Crippen molar-refractivity contribution in [1.82, 2.24) is 4.31 Å². The first-order valence-electron chi connectivity index (χ1n) is 7.19. The molecule has 0 spiro atoms. The normalized spacial score (nSPS) is 17.8. The highest BCUT2D eigenvalue weighted by Gasteiger charge is 2.35. The van der Waals surface area contributed by atoms with Gasteiger partial charge < -0.3 is 5.11 Å². The molecule has 1 amide bonds. The molecule has 4 atom stereocenters. The zero-order chi connectivity index (χ0) is 16.9. The highest BCUT2D eigenvalue weighted by atomic mass is 32.2. The Balaban J connectivity index is 3.19. The first-order valence-corrected chi connectivity index (χ1v) is 8.77. The van der Waals surface area contributed by atoms with Crippen LogP contribution >= 0.6 is 0 Å². The standard InChI is InChI=1S/C16H24N2O3S/c1-5-9-12(2)14(4)22(17,21)18(16(19)20)13(3)15-10-7-6-8-11-15/h5-8,10-14,17H,1,9H2,2-4H3,(H,19,20)/t12-,13-,14+,22?/m0/s1. The highest BCUT2D eigenvalue weighted by Crippen LogP contribution is 2.29. The maximum atomic E-state index is 12.9. The molecule has 0 aliphatic heterocycles. The van der Waals surface area contributed by atoms with Gasteiger partial charge in [-0.25, -0.2) is 18.1 Å². The van der Waals surface area contributed by atoms with Crippen molar-refractivity contribution in [3.8, 4) is 0 Å². The topological polar surface area (TPSA) is 81.5 Å². The predicted molar refractivity (Wildman–Crippen MR) is 89.0 cm³/mol. The van der Waals surface area contributed by atoms with Crippen molar-refractivity contribution in [1.29, 1.82) is 4.78 Å². The van der Waals surface area contributed by atoms with Crippen LogP contribution in [-0.2, 0) is 9.92 Å². The molecule has 6 heteroatoms. The number of nitrogens with one attached hydrogen (secondary N) is 1. The minimum absolute atomic E-state index is 0.0904. The van der Waals surface area contributed by atoms with Gasteiger partial charge in [-0.05, 0) is 31.7 Å². The molecule has 2 N–H and O–H groups in total. The lowest BCUT2D eigenvalue weighted by atomic mass is 10.1. The molecule has 122 valence electrons. The summed E-state index contributed by atoms with van der Waals surface area (Å²) in [6, 6.07) is 8.31. The van der Waals surface area contributed by atoms with E-state index in [2.05, 4.69) is 6.58 Å². The number of benzene rings is 1. The van der Waals surface area contributed by atoms with Gasteiger partial charge >= 0.3 is 6.09 Å². The van der Waals surface area contributed by atoms with E-state index in [9.17, 15) is 14.1 Å². The van der Waals surface area contributed by atoms with Gasteiger partial charge in [0.05, 0.1) is 11.3 Å². The smallest absolute Gasteiger partial charge is 0.420 e. The maximum absolute atomic E-state index is 12.9. The van der Waals surface area contributed by atoms with E-state index in [0.717, 1.165) is 4.31 Å². The Labute approximate surface area is 132 Å². The second-order valence-corrected chi connectivity index (χ2v) is 7.74. The fraction of sp³-hybridized carbons (Fsp3) is 0.438. The minimum atomic E-state index is -3.48. The number of nitrogens with zero attached hydrogens (tertiary/aromatic N) is 1. The molecule has 0 aliphatic rings. The molecule has 0 aliphatic carbocycles. The number of allylic oxidation sites excluding steroid dienone is 1. The van der Waals surface area contributed by atoms with Crippen LogP contribution in [0.25, 0.3) is 0 Å². The van der Waals surface area contributed by atoms with Crippen LogP contribution in [0.3, 0.4) is 0 Å². The Morgan fingerprint density at radius 3 is 2.36 bits per heavy atom. The summed E-state index contributed by atoms with van der Waals surface area (Å²) in [4.78, 5) is 11.7. The summed E-state index contributed by atoms with van der Waals surface area (Å²) < 4.78 is 22.0. The number of carboxylic acid groups (broad SMARTS) is 1. The zero-order valence-electron chi connectivity index (χ0n) is 13.2. The quantitative estimate of drug-likeness (QED) is 0.734. The minimum Gasteiger partial charge on any atom is -0.464 e. The molecule has 1 aromatic carbocycles. The molecular formula is C16H24N2O3S. The van der Waals surface area contributed by atoms with Crippen molar-refractivity contribution in [3.05, 3.63) is 48.6 Å². The van der Waals surface area contributed by atoms with E-state index in [0.29, 0.717) is 12.0 Å². The van der Waals surface area contributed by atoms with Crippen molar-refractivity contribution in [2.24, 2.45) is 5.92 Å². The monoisotopic (exact) mass is 324 g/mol. The third-order valence-corrected chi connectivity index (χ3v) is 6.49. The van der Waals surface area contributed by atoms with Crippen LogP contribution in [0.1, 0.15) is 38.8 Å². The number of rotatable bonds is 7. The average Bonchev–Trinajstić information content (AvgIpc) is 2.46. The fourth-order valence-electron chi connectivity index (χ4n) is 2.33. The van der Waals surface area contributed by atoms with Crippen molar-refractivity contribution >= 4 is 16.0 Å². The van der Waals surface area contributed by atoms with Gasteiger partial charge in [-0.3, -0.25) is 0 Å². The summed E-state index contributed by atoms with van der Waals surface area (Å²) in [6.07, 6.45) is 0.945. The molecule has 0 fully saturated rings. The van der Waals surface area contributed by atoms with Gasteiger partial charge in [0.15, 0.2) is 0 Å². The molecule has 0 heterocycles. The second-order valence-electron chi connectivity index (χ2n) is 5.47. The van der Waals surface area contributed by atoms with Gasteiger partial charge in [-0.1, -0.05) is 43.3 Å². The molecular weight excluding hydrogens is 300 g/mol. The van der Waals surface area contributed by atoms with Gasteiger partial charge in [-0.2, -0.15) is 0 Å². The van der Waals surface area contributed by atoms with E-state index < -0.39 is 27.3 Å². The molecule has 0 bridgehead atoms. The van der Waals surface area contributed by atoms with E-state index in [4.69, 9.17) is 4.78 Å². The number of carbonyl (C=O) groups is 1. The Morgan fingerprint density at radius 2 is 1.91 bits per heavy atom. The number of hydrogen-bond acceptors (Lipinski definition) is 3. The Hall–Kier alpha value is -1.82. The molecule has 1 aromatic rings. The second kappa shape index (κ2) is 7.45. The summed E-state index contributed by atoms with van der Waals surface area (Å²) in [6.45, 7) is 8.82. The SMILES string of the molecule is C=CC[C@H](C)[C@@H](C)S(=N)(=O)N(C(=O)O)[C@@H](C)c1ccccc1. The van der Waals surface area contributed by atoms with Crippen molar-refractivity contribution in [3.63, 3.8) is 0 Å². The summed E-state index contributed by atoms with van der Waals surface area (Å²) in [7, 11) is -3.48. The van der Waals surface area contributed by atoms with E-state index in [1.807, 2.05) is 13.0 Å². The molecule has 5 nitrogen and oxygen atoms in total. The van der Waals surface area contributed by atoms with Crippen molar-refractivity contribution in [2.75, 3.05) is 0 Å². The molecule has 1 unspecified atom stereocenters. The molecule has 0 aromatic heterocycles. The first kappa shape index (κ1) is 18.2. The Kier molecular flexibility index (Phi) is 6.17. The largest absolute Gasteiger partial charge is 0.464 e. The van der Waals surface area contributed by atoms with Crippen LogP contribution in [0.15, 0.2) is 43.0 Å². The van der Waals surface area contributed by atoms with Crippen molar-refractivity contribution in [2.45, 2.75) is 38.5 Å². The number of hydrogen-bond donors (Lipinski definition) is 2. The Bertz CT molecular complexity index is 614. The van der Waals surface area contributed by atoms with Crippen LogP contribution in [-0.4, -0.2) is 25.0 Å². The number of amides is 1. The summed E-state index contributed by atoms with van der Waals surface area (Å²) >= 11 is 0. The van der Waals surface area contributed by atoms with Crippen LogP contribution in [0, 0.1) is 10.7 Å². The lowest BCUT2D eigenvalue weighted by Crippen LogP contribution is -2.43. The summed E-state index contributed by atoms with van der Waals surface area (Å²) in [5.41, 5.74) is 0.716. The Morgan fingerprint density at radius 1 is 1.36 bits per heavy atom. The molecule has 0 radical (unpaired) electrons. The van der Waals surface area contributed by atoms with Gasteiger partial charge in [0.25, 0.3) is 0 Å². The zero-order valence-corrected chi connectivity index (χ0v) is 14.0. The van der Waals surface area contributed by atoms with Crippen LogP contribution in [0.4, 0.5) is 4.79 Å². The molecule has 22 heavy (non-hydrogen) atoms. The lowest BCUT2D eigenvalue weighted by molar-refractivity contribution is 0.163. The van der Waals surface area contributed by atoms with E-state index >= 15 is 0 Å². The van der Waals surface area contributed by atoms with Gasteiger partial charge in [0.2, 0.25) is 0 Å². The van der Waals surface area contributed by atoms with Crippen LogP contribution < -0.4 is 0 Å². The van der Waals surface area contributed by atoms with E-state index in [1.165, 1.54) is 0 Å². The van der Waals surface area contributed by atoms with E-state index in [-0.39, 0.29) is 5.92 Å². The van der Waals surface area contributed by atoms with Crippen molar-refractivity contribution < 1.29 is 14.1 Å². The molecule has 0 saturated heterocycles. The van der Waals surface area contributed by atoms with Gasteiger partial charge in [-0.15, -0.1) is 6.58 Å². The lowest BCUT2D eigenvalue weighted by Gasteiger charge is -2.33. The van der Waals surface area contributed by atoms with Gasteiger partial charge in [0, 0.05) is 0 Å². The summed E-state index contributed by atoms with van der Waals surface area (Å²) in [5, 5.41) is 8.92. The first-order chi connectivity index (χ1) is 10.2.